The van der Waals surface area contributed by atoms with Crippen LogP contribution in [0.1, 0.15) is 16.1 Å². The zero-order chi connectivity index (χ0) is 16.9. The number of aromatic amines is 1. The largest absolute Gasteiger partial charge is 0.497 e. The van der Waals surface area contributed by atoms with Crippen molar-refractivity contribution in [1.29, 1.82) is 0 Å². The van der Waals surface area contributed by atoms with E-state index in [4.69, 9.17) is 4.74 Å². The first-order valence-corrected chi connectivity index (χ1v) is 8.04. The highest BCUT2D eigenvalue weighted by atomic mass is 32.1. The molecule has 24 heavy (non-hydrogen) atoms. The quantitative estimate of drug-likeness (QED) is 0.603. The molecule has 1 amide bonds. The van der Waals surface area contributed by atoms with E-state index < -0.39 is 0 Å². The zero-order valence-electron chi connectivity index (χ0n) is 13.0. The van der Waals surface area contributed by atoms with E-state index in [1.54, 1.807) is 24.5 Å². The minimum Gasteiger partial charge on any atom is -0.497 e. The Morgan fingerprint density at radius 2 is 2.12 bits per heavy atom. The van der Waals surface area contributed by atoms with Crippen LogP contribution in [0.15, 0.2) is 54.4 Å². The molecular formula is C17H16N4O2S. The molecule has 0 aliphatic rings. The van der Waals surface area contributed by atoms with Gasteiger partial charge in [0.2, 0.25) is 0 Å². The van der Waals surface area contributed by atoms with E-state index in [2.05, 4.69) is 27.6 Å². The summed E-state index contributed by atoms with van der Waals surface area (Å²) < 4.78 is 5.17. The minimum atomic E-state index is -0.349. The maximum Gasteiger partial charge on any atom is 0.290 e. The number of H-pyrrole nitrogens is 1. The lowest BCUT2D eigenvalue weighted by molar-refractivity contribution is 0.0937. The number of aromatic nitrogens is 2. The smallest absolute Gasteiger partial charge is 0.290 e. The first kappa shape index (κ1) is 15.8. The molecule has 0 radical (unpaired) electrons. The summed E-state index contributed by atoms with van der Waals surface area (Å²) in [5.41, 5.74) is 7.85. The number of ether oxygens (including phenoxy) is 1. The molecule has 2 aromatic heterocycles. The van der Waals surface area contributed by atoms with Crippen LogP contribution in [0, 0.1) is 0 Å². The predicted molar refractivity (Wildman–Crippen MR) is 94.5 cm³/mol. The van der Waals surface area contributed by atoms with Gasteiger partial charge in [-0.2, -0.15) is 5.10 Å². The van der Waals surface area contributed by atoms with Gasteiger partial charge in [-0.05, 0) is 29.6 Å². The Hall–Kier alpha value is -3.06. The lowest BCUT2D eigenvalue weighted by Gasteiger charge is -2.11. The Bertz CT molecular complexity index is 855. The molecule has 2 heterocycles. The fourth-order valence-corrected chi connectivity index (χ4v) is 2.77. The Labute approximate surface area is 143 Å². The molecule has 3 N–H and O–H groups in total. The van der Waals surface area contributed by atoms with Crippen molar-refractivity contribution in [2.75, 3.05) is 7.11 Å². The highest BCUT2D eigenvalue weighted by Crippen LogP contribution is 2.22. The van der Waals surface area contributed by atoms with Crippen LogP contribution in [0.3, 0.4) is 0 Å². The van der Waals surface area contributed by atoms with Gasteiger partial charge in [-0.1, -0.05) is 24.8 Å². The van der Waals surface area contributed by atoms with Gasteiger partial charge in [-0.25, -0.2) is 0 Å². The van der Waals surface area contributed by atoms with Crippen molar-refractivity contribution in [2.24, 2.45) is 0 Å². The second-order valence-corrected chi connectivity index (χ2v) is 5.88. The highest BCUT2D eigenvalue weighted by Gasteiger charge is 2.12. The minimum absolute atomic E-state index is 0.296. The molecule has 3 rings (SSSR count). The molecule has 0 saturated heterocycles. The van der Waals surface area contributed by atoms with Gasteiger partial charge in [0, 0.05) is 5.56 Å². The molecule has 0 atom stereocenters. The van der Waals surface area contributed by atoms with Crippen LogP contribution in [-0.2, 0) is 0 Å². The summed E-state index contributed by atoms with van der Waals surface area (Å²) in [6, 6.07) is 13.0. The average molecular weight is 340 g/mol. The average Bonchev–Trinajstić information content (AvgIpc) is 3.30. The molecular weight excluding hydrogens is 324 g/mol. The lowest BCUT2D eigenvalue weighted by atomic mass is 10.2. The summed E-state index contributed by atoms with van der Waals surface area (Å²) in [6.07, 6.45) is 0. The van der Waals surface area contributed by atoms with Crippen LogP contribution in [0.4, 0.5) is 0 Å². The van der Waals surface area contributed by atoms with Crippen molar-refractivity contribution in [2.45, 2.75) is 0 Å². The molecule has 0 aliphatic carbocycles. The summed E-state index contributed by atoms with van der Waals surface area (Å²) in [5.74, 6) is 0.368. The molecule has 0 bridgehead atoms. The van der Waals surface area contributed by atoms with E-state index in [9.17, 15) is 4.79 Å². The maximum absolute atomic E-state index is 12.2. The monoisotopic (exact) mass is 340 g/mol. The molecule has 0 spiro atoms. The number of hydrogen-bond donors (Lipinski definition) is 3. The molecule has 0 unspecified atom stereocenters. The fourth-order valence-electron chi connectivity index (χ4n) is 2.08. The van der Waals surface area contributed by atoms with Gasteiger partial charge in [0.1, 0.15) is 5.75 Å². The fraction of sp³-hybridized carbons (Fsp3) is 0.0588. The van der Waals surface area contributed by atoms with Crippen LogP contribution in [0.2, 0.25) is 0 Å². The van der Waals surface area contributed by atoms with Gasteiger partial charge in [0.05, 0.1) is 23.4 Å². The third-order valence-corrected chi connectivity index (χ3v) is 4.25. The maximum atomic E-state index is 12.2. The highest BCUT2D eigenvalue weighted by molar-refractivity contribution is 7.13. The zero-order valence-corrected chi connectivity index (χ0v) is 13.8. The van der Waals surface area contributed by atoms with E-state index in [1.165, 1.54) is 0 Å². The van der Waals surface area contributed by atoms with Crippen molar-refractivity contribution in [3.05, 3.63) is 65.7 Å². The van der Waals surface area contributed by atoms with E-state index in [0.717, 1.165) is 21.9 Å². The lowest BCUT2D eigenvalue weighted by Crippen LogP contribution is -2.36. The molecule has 1 aromatic carbocycles. The summed E-state index contributed by atoms with van der Waals surface area (Å²) in [6.45, 7) is 3.90. The summed E-state index contributed by atoms with van der Waals surface area (Å²) in [4.78, 5) is 13.2. The molecule has 0 saturated carbocycles. The van der Waals surface area contributed by atoms with Crippen LogP contribution in [-0.4, -0.2) is 23.2 Å². The SMILES string of the molecule is C=C(NNC(=O)c1cc(-c2cccs2)[nH]n1)c1cccc(OC)c1. The standard InChI is InChI=1S/C17H16N4O2S/c1-11(12-5-3-6-13(9-12)23-2)18-21-17(22)15-10-14(19-20-15)16-7-4-8-24-16/h3-10,18H,1H2,2H3,(H,19,20)(H,21,22). The number of methoxy groups -OCH3 is 1. The first-order valence-electron chi connectivity index (χ1n) is 7.16. The number of thiophene rings is 1. The third kappa shape index (κ3) is 3.47. The number of carbonyl (C=O) groups is 1. The Morgan fingerprint density at radius 1 is 1.25 bits per heavy atom. The third-order valence-electron chi connectivity index (χ3n) is 3.34. The number of rotatable bonds is 6. The number of nitrogens with zero attached hydrogens (tertiary/aromatic N) is 1. The van der Waals surface area contributed by atoms with Gasteiger partial charge in [0.15, 0.2) is 5.69 Å². The second-order valence-electron chi connectivity index (χ2n) is 4.93. The first-order chi connectivity index (χ1) is 11.7. The number of hydrazine groups is 1. The van der Waals surface area contributed by atoms with E-state index >= 15 is 0 Å². The molecule has 122 valence electrons. The topological polar surface area (TPSA) is 79.0 Å². The number of benzene rings is 1. The van der Waals surface area contributed by atoms with Crippen molar-refractivity contribution < 1.29 is 9.53 Å². The predicted octanol–water partition coefficient (Wildman–Crippen LogP) is 3.05. The van der Waals surface area contributed by atoms with E-state index in [1.807, 2.05) is 41.8 Å². The second kappa shape index (κ2) is 7.01. The van der Waals surface area contributed by atoms with Gasteiger partial charge < -0.3 is 4.74 Å². The van der Waals surface area contributed by atoms with Crippen LogP contribution >= 0.6 is 11.3 Å². The number of carbonyl (C=O) groups excluding carboxylic acids is 1. The molecule has 7 heteroatoms. The van der Waals surface area contributed by atoms with Crippen molar-refractivity contribution in [3.8, 4) is 16.3 Å². The Morgan fingerprint density at radius 3 is 2.88 bits per heavy atom. The number of amides is 1. The van der Waals surface area contributed by atoms with Gasteiger partial charge in [-0.15, -0.1) is 11.3 Å². The van der Waals surface area contributed by atoms with E-state index in [0.29, 0.717) is 11.4 Å². The molecule has 0 fully saturated rings. The van der Waals surface area contributed by atoms with Gasteiger partial charge in [0.25, 0.3) is 5.91 Å². The summed E-state index contributed by atoms with van der Waals surface area (Å²) in [5, 5.41) is 8.85. The molecule has 3 aromatic rings. The van der Waals surface area contributed by atoms with Crippen molar-refractivity contribution >= 4 is 22.9 Å². The Kier molecular flexibility index (Phi) is 4.62. The molecule has 0 aliphatic heterocycles. The Balaban J connectivity index is 1.62. The van der Waals surface area contributed by atoms with Crippen LogP contribution < -0.4 is 15.6 Å². The summed E-state index contributed by atoms with van der Waals surface area (Å²) >= 11 is 1.58. The molecule has 6 nitrogen and oxygen atoms in total. The summed E-state index contributed by atoms with van der Waals surface area (Å²) in [7, 11) is 1.60. The normalized spacial score (nSPS) is 10.2. The van der Waals surface area contributed by atoms with Gasteiger partial charge >= 0.3 is 0 Å². The van der Waals surface area contributed by atoms with Crippen LogP contribution in [0.5, 0.6) is 5.75 Å². The van der Waals surface area contributed by atoms with Crippen molar-refractivity contribution in [1.82, 2.24) is 21.0 Å². The number of hydrogen-bond acceptors (Lipinski definition) is 5. The van der Waals surface area contributed by atoms with Crippen LogP contribution in [0.25, 0.3) is 16.3 Å². The number of nitrogens with one attached hydrogen (secondary N) is 3. The van der Waals surface area contributed by atoms with Gasteiger partial charge in [-0.3, -0.25) is 20.7 Å². The van der Waals surface area contributed by atoms with Crippen molar-refractivity contribution in [3.63, 3.8) is 0 Å². The van der Waals surface area contributed by atoms with E-state index in [-0.39, 0.29) is 5.91 Å².